The van der Waals surface area contributed by atoms with Gasteiger partial charge in [-0.2, -0.15) is 4.91 Å². The Morgan fingerprint density at radius 2 is 1.77 bits per heavy atom. The molecule has 184 valence electrons. The number of nitrogens with zero attached hydrogens (tertiary/aromatic N) is 2. The van der Waals surface area contributed by atoms with E-state index < -0.39 is 11.6 Å². The van der Waals surface area contributed by atoms with Crippen LogP contribution in [-0.4, -0.2) is 37.2 Å². The SMILES string of the molecule is COc1ccc(NC(=O)N2CCCC(N(c3ccc(Cl)cc3)c3cc(F)ccc3F)C2)cc1.N=O. The quantitative estimate of drug-likeness (QED) is 0.376. The first-order valence-corrected chi connectivity index (χ1v) is 11.2. The molecule has 7 nitrogen and oxygen atoms in total. The Hall–Kier alpha value is -3.72. The standard InChI is InChI=1S/C25H24ClF2N3O2.HNO/c1-33-22-11-7-19(8-12-22)29-25(32)30-14-2-3-21(16-30)31(20-9-4-17(26)5-10-20)24-15-18(27)6-13-23(24)28;1-2/h4-13,15,21H,2-3,14,16H2,1H3,(H,29,32);1H. The molecule has 4 rings (SSSR count). The highest BCUT2D eigenvalue weighted by Gasteiger charge is 2.30. The molecular weight excluding hydrogens is 478 g/mol. The molecule has 3 aromatic rings. The van der Waals surface area contributed by atoms with Crippen molar-refractivity contribution in [1.82, 2.24) is 4.90 Å². The van der Waals surface area contributed by atoms with E-state index in [-0.39, 0.29) is 17.8 Å². The van der Waals surface area contributed by atoms with Crippen LogP contribution in [0, 0.1) is 22.1 Å². The van der Waals surface area contributed by atoms with Gasteiger partial charge in [0.1, 0.15) is 17.4 Å². The van der Waals surface area contributed by atoms with Crippen molar-refractivity contribution in [1.29, 1.82) is 5.59 Å². The minimum Gasteiger partial charge on any atom is -0.497 e. The molecule has 1 unspecified atom stereocenters. The third kappa shape index (κ3) is 6.45. The molecule has 2 N–H and O–H groups in total. The highest BCUT2D eigenvalue weighted by Crippen LogP contribution is 2.34. The van der Waals surface area contributed by atoms with Crippen LogP contribution in [0.5, 0.6) is 5.75 Å². The van der Waals surface area contributed by atoms with E-state index in [0.717, 1.165) is 18.6 Å². The number of likely N-dealkylation sites (tertiary alicyclic amines) is 1. The predicted molar refractivity (Wildman–Crippen MR) is 133 cm³/mol. The second-order valence-corrected chi connectivity index (χ2v) is 8.28. The van der Waals surface area contributed by atoms with Gasteiger partial charge in [0.25, 0.3) is 0 Å². The number of nitroso groups, excluding NO2 is 1. The zero-order valence-electron chi connectivity index (χ0n) is 19.0. The number of urea groups is 1. The van der Waals surface area contributed by atoms with E-state index in [0.29, 0.717) is 41.7 Å². The van der Waals surface area contributed by atoms with Gasteiger partial charge in [0.2, 0.25) is 0 Å². The third-order valence-electron chi connectivity index (χ3n) is 5.66. The van der Waals surface area contributed by atoms with Crippen LogP contribution in [0.3, 0.4) is 0 Å². The van der Waals surface area contributed by atoms with Gasteiger partial charge >= 0.3 is 6.03 Å². The highest BCUT2D eigenvalue weighted by molar-refractivity contribution is 6.30. The monoisotopic (exact) mass is 502 g/mol. The number of hydrogen-bond donors (Lipinski definition) is 2. The van der Waals surface area contributed by atoms with E-state index in [4.69, 9.17) is 21.2 Å². The maximum absolute atomic E-state index is 14.8. The van der Waals surface area contributed by atoms with Crippen molar-refractivity contribution >= 4 is 34.7 Å². The van der Waals surface area contributed by atoms with Gasteiger partial charge < -0.3 is 19.9 Å². The molecule has 3 aromatic carbocycles. The Kier molecular flexibility index (Phi) is 8.97. The Bertz CT molecular complexity index is 1130. The van der Waals surface area contributed by atoms with Crippen LogP contribution >= 0.6 is 11.6 Å². The summed E-state index contributed by atoms with van der Waals surface area (Å²) in [5, 5.41) is 3.44. The number of rotatable bonds is 5. The first kappa shape index (κ1) is 25.9. The van der Waals surface area contributed by atoms with Crippen molar-refractivity contribution < 1.29 is 18.3 Å². The van der Waals surface area contributed by atoms with E-state index in [1.54, 1.807) is 65.4 Å². The molecule has 0 radical (unpaired) electrons. The number of carbonyl (C=O) groups excluding carboxylic acids is 1. The van der Waals surface area contributed by atoms with Crippen molar-refractivity contribution in [3.63, 3.8) is 0 Å². The van der Waals surface area contributed by atoms with Gasteiger partial charge in [-0.1, -0.05) is 17.2 Å². The van der Waals surface area contributed by atoms with E-state index in [9.17, 15) is 13.6 Å². The van der Waals surface area contributed by atoms with Crippen LogP contribution in [0.2, 0.25) is 5.02 Å². The summed E-state index contributed by atoms with van der Waals surface area (Å²) in [4.78, 5) is 23.9. The molecule has 35 heavy (non-hydrogen) atoms. The summed E-state index contributed by atoms with van der Waals surface area (Å²) in [6.45, 7) is 0.916. The Morgan fingerprint density at radius 1 is 1.09 bits per heavy atom. The number of carbonyl (C=O) groups is 1. The van der Waals surface area contributed by atoms with Gasteiger partial charge in [0, 0.05) is 35.6 Å². The van der Waals surface area contributed by atoms with Gasteiger partial charge in [-0.25, -0.2) is 13.6 Å². The fourth-order valence-corrected chi connectivity index (χ4v) is 4.17. The number of nitrogens with one attached hydrogen (secondary N) is 2. The Balaban J connectivity index is 0.00000167. The number of ether oxygens (including phenoxy) is 1. The largest absolute Gasteiger partial charge is 0.497 e. The van der Waals surface area contributed by atoms with E-state index in [1.807, 2.05) is 0 Å². The van der Waals surface area contributed by atoms with Crippen molar-refractivity contribution in [2.75, 3.05) is 30.4 Å². The second kappa shape index (κ2) is 12.1. The molecule has 0 bridgehead atoms. The van der Waals surface area contributed by atoms with Gasteiger partial charge in [-0.3, -0.25) is 0 Å². The fourth-order valence-electron chi connectivity index (χ4n) is 4.05. The molecule has 0 saturated carbocycles. The van der Waals surface area contributed by atoms with Crippen molar-refractivity contribution in [2.45, 2.75) is 18.9 Å². The number of piperidine rings is 1. The van der Waals surface area contributed by atoms with E-state index >= 15 is 0 Å². The molecular formula is C25H25ClF2N4O3. The lowest BCUT2D eigenvalue weighted by Gasteiger charge is -2.40. The van der Waals surface area contributed by atoms with Crippen LogP contribution < -0.4 is 15.0 Å². The molecule has 2 amide bonds. The lowest BCUT2D eigenvalue weighted by molar-refractivity contribution is 0.193. The molecule has 1 atom stereocenters. The highest BCUT2D eigenvalue weighted by atomic mass is 35.5. The molecule has 1 saturated heterocycles. The predicted octanol–water partition coefficient (Wildman–Crippen LogP) is 6.79. The second-order valence-electron chi connectivity index (χ2n) is 7.84. The first-order valence-electron chi connectivity index (χ1n) is 10.8. The van der Waals surface area contributed by atoms with Crippen LogP contribution in [0.1, 0.15) is 12.8 Å². The summed E-state index contributed by atoms with van der Waals surface area (Å²) >= 11 is 6.04. The molecule has 0 aromatic heterocycles. The van der Waals surface area contributed by atoms with Crippen molar-refractivity contribution in [3.05, 3.63) is 88.3 Å². The lowest BCUT2D eigenvalue weighted by atomic mass is 10.0. The maximum Gasteiger partial charge on any atom is 0.321 e. The minimum absolute atomic E-state index is 0.125. The topological polar surface area (TPSA) is 85.7 Å². The zero-order valence-corrected chi connectivity index (χ0v) is 19.8. The van der Waals surface area contributed by atoms with Gasteiger partial charge in [-0.05, 0) is 73.5 Å². The summed E-state index contributed by atoms with van der Waals surface area (Å²) in [5.74, 6) is -0.372. The smallest absolute Gasteiger partial charge is 0.321 e. The fraction of sp³-hybridized carbons (Fsp3) is 0.240. The van der Waals surface area contributed by atoms with Gasteiger partial charge in [0.05, 0.1) is 18.8 Å². The molecule has 0 spiro atoms. The number of anilines is 3. The molecule has 1 heterocycles. The zero-order chi connectivity index (χ0) is 25.4. The van der Waals surface area contributed by atoms with E-state index in [1.165, 1.54) is 6.07 Å². The summed E-state index contributed by atoms with van der Waals surface area (Å²) < 4.78 is 34.0. The average molecular weight is 503 g/mol. The average Bonchev–Trinajstić information content (AvgIpc) is 2.89. The van der Waals surface area contributed by atoms with Crippen molar-refractivity contribution in [3.8, 4) is 5.75 Å². The molecule has 1 fully saturated rings. The Labute approximate surface area is 207 Å². The lowest BCUT2D eigenvalue weighted by Crippen LogP contribution is -2.50. The number of amides is 2. The van der Waals surface area contributed by atoms with Gasteiger partial charge in [0.15, 0.2) is 0 Å². The summed E-state index contributed by atoms with van der Waals surface area (Å²) in [5.41, 5.74) is 5.94. The molecule has 1 aliphatic heterocycles. The first-order chi connectivity index (χ1) is 16.9. The van der Waals surface area contributed by atoms with Crippen LogP contribution in [-0.2, 0) is 0 Å². The third-order valence-corrected chi connectivity index (χ3v) is 5.91. The Morgan fingerprint density at radius 3 is 2.43 bits per heavy atom. The summed E-state index contributed by atoms with van der Waals surface area (Å²) in [6, 6.07) is 16.9. The van der Waals surface area contributed by atoms with Crippen LogP contribution in [0.25, 0.3) is 0 Å². The molecule has 0 aliphatic carbocycles. The van der Waals surface area contributed by atoms with Crippen LogP contribution in [0.15, 0.2) is 66.7 Å². The number of benzene rings is 3. The maximum atomic E-state index is 14.8. The summed E-state index contributed by atoms with van der Waals surface area (Å²) in [6.07, 6.45) is 1.44. The molecule has 1 aliphatic rings. The molecule has 10 heteroatoms. The summed E-state index contributed by atoms with van der Waals surface area (Å²) in [7, 11) is 1.58. The normalized spacial score (nSPS) is 15.0. The van der Waals surface area contributed by atoms with Gasteiger partial charge in [-0.15, -0.1) is 0 Å². The van der Waals surface area contributed by atoms with E-state index in [2.05, 4.69) is 10.9 Å². The van der Waals surface area contributed by atoms with Crippen molar-refractivity contribution in [2.24, 2.45) is 0 Å². The number of hydrogen-bond acceptors (Lipinski definition) is 5. The number of halogens is 3. The number of methoxy groups -OCH3 is 1. The minimum atomic E-state index is -0.536. The van der Waals surface area contributed by atoms with Crippen LogP contribution in [0.4, 0.5) is 30.6 Å².